The molecule has 21 heavy (non-hydrogen) atoms. The van der Waals surface area contributed by atoms with Crippen LogP contribution in [0.25, 0.3) is 0 Å². The average molecular weight is 311 g/mol. The summed E-state index contributed by atoms with van der Waals surface area (Å²) in [6, 6.07) is 4.52. The van der Waals surface area contributed by atoms with E-state index in [-0.39, 0.29) is 12.0 Å². The van der Waals surface area contributed by atoms with Crippen molar-refractivity contribution in [3.63, 3.8) is 0 Å². The van der Waals surface area contributed by atoms with Crippen LogP contribution in [-0.2, 0) is 9.53 Å². The molecule has 1 aliphatic rings. The number of carbonyl (C=O) groups excluding carboxylic acids is 2. The second-order valence-corrected chi connectivity index (χ2v) is 5.53. The number of likely N-dealkylation sites (tertiary alicyclic amines) is 1. The van der Waals surface area contributed by atoms with Gasteiger partial charge in [-0.15, -0.1) is 0 Å². The second-order valence-electron chi connectivity index (χ2n) is 5.12. The summed E-state index contributed by atoms with van der Waals surface area (Å²) in [6.07, 6.45) is 2.43. The van der Waals surface area contributed by atoms with Crippen LogP contribution in [-0.4, -0.2) is 36.6 Å². The minimum atomic E-state index is -0.510. The maximum Gasteiger partial charge on any atom is 0.328 e. The molecule has 0 saturated carbocycles. The molecule has 0 spiro atoms. The largest absolute Gasteiger partial charge is 0.467 e. The summed E-state index contributed by atoms with van der Waals surface area (Å²) in [5, 5.41) is 3.38. The number of benzene rings is 1. The lowest BCUT2D eigenvalue weighted by atomic mass is 10.0. The molecular formula is C15H19ClN2O3. The zero-order valence-electron chi connectivity index (χ0n) is 12.2. The summed E-state index contributed by atoms with van der Waals surface area (Å²) in [7, 11) is 1.34. The molecule has 0 radical (unpaired) electrons. The number of anilines is 1. The number of carbonyl (C=O) groups is 2. The van der Waals surface area contributed by atoms with Crippen LogP contribution in [0.3, 0.4) is 0 Å². The van der Waals surface area contributed by atoms with Gasteiger partial charge in [-0.25, -0.2) is 9.59 Å². The van der Waals surface area contributed by atoms with Gasteiger partial charge in [0.25, 0.3) is 0 Å². The number of hydrogen-bond acceptors (Lipinski definition) is 3. The van der Waals surface area contributed by atoms with E-state index in [9.17, 15) is 9.59 Å². The number of ether oxygens (including phenoxy) is 1. The fraction of sp³-hybridized carbons (Fsp3) is 0.467. The summed E-state index contributed by atoms with van der Waals surface area (Å²) < 4.78 is 4.77. The molecule has 1 heterocycles. The highest BCUT2D eigenvalue weighted by atomic mass is 35.5. The van der Waals surface area contributed by atoms with E-state index < -0.39 is 6.04 Å². The van der Waals surface area contributed by atoms with Crippen LogP contribution in [0.4, 0.5) is 10.5 Å². The molecule has 5 nitrogen and oxygen atoms in total. The molecular weight excluding hydrogens is 292 g/mol. The fourth-order valence-corrected chi connectivity index (χ4v) is 2.60. The van der Waals surface area contributed by atoms with Gasteiger partial charge >= 0.3 is 12.0 Å². The van der Waals surface area contributed by atoms with Crippen LogP contribution in [0.2, 0.25) is 5.02 Å². The van der Waals surface area contributed by atoms with Crippen molar-refractivity contribution in [1.29, 1.82) is 0 Å². The van der Waals surface area contributed by atoms with Gasteiger partial charge in [-0.1, -0.05) is 17.7 Å². The average Bonchev–Trinajstić information content (AvgIpc) is 2.50. The maximum absolute atomic E-state index is 12.4. The molecule has 2 amide bonds. The molecule has 1 aliphatic heterocycles. The molecule has 1 aromatic carbocycles. The molecule has 1 atom stereocenters. The number of urea groups is 1. The van der Waals surface area contributed by atoms with Gasteiger partial charge in [0.05, 0.1) is 7.11 Å². The fourth-order valence-electron chi connectivity index (χ4n) is 2.42. The van der Waals surface area contributed by atoms with Crippen LogP contribution in [0, 0.1) is 6.92 Å². The monoisotopic (exact) mass is 310 g/mol. The molecule has 114 valence electrons. The van der Waals surface area contributed by atoms with Crippen molar-refractivity contribution in [2.75, 3.05) is 19.0 Å². The number of amides is 2. The maximum atomic E-state index is 12.4. The Balaban J connectivity index is 2.10. The van der Waals surface area contributed by atoms with E-state index in [0.29, 0.717) is 23.7 Å². The van der Waals surface area contributed by atoms with Gasteiger partial charge in [0.1, 0.15) is 6.04 Å². The van der Waals surface area contributed by atoms with E-state index in [1.807, 2.05) is 13.0 Å². The third-order valence-electron chi connectivity index (χ3n) is 3.66. The summed E-state index contributed by atoms with van der Waals surface area (Å²) in [4.78, 5) is 25.7. The van der Waals surface area contributed by atoms with E-state index in [0.717, 1.165) is 18.4 Å². The molecule has 1 aromatic rings. The molecule has 1 fully saturated rings. The van der Waals surface area contributed by atoms with Gasteiger partial charge in [-0.05, 0) is 43.9 Å². The molecule has 0 bridgehead atoms. The first-order valence-corrected chi connectivity index (χ1v) is 7.32. The zero-order chi connectivity index (χ0) is 15.4. The zero-order valence-corrected chi connectivity index (χ0v) is 12.9. The Kier molecular flexibility index (Phi) is 5.07. The normalized spacial score (nSPS) is 18.2. The predicted octanol–water partition coefficient (Wildman–Crippen LogP) is 3.21. The van der Waals surface area contributed by atoms with Gasteiger partial charge in [0, 0.05) is 17.3 Å². The number of methoxy groups -OCH3 is 1. The van der Waals surface area contributed by atoms with Crippen molar-refractivity contribution in [2.24, 2.45) is 0 Å². The molecule has 0 aliphatic carbocycles. The number of halogens is 1. The van der Waals surface area contributed by atoms with Gasteiger partial charge in [-0.3, -0.25) is 0 Å². The van der Waals surface area contributed by atoms with E-state index in [4.69, 9.17) is 16.3 Å². The SMILES string of the molecule is COC(=O)C1CCCCN1C(=O)Nc1ccc(C)c(Cl)c1. The van der Waals surface area contributed by atoms with Crippen molar-refractivity contribution in [2.45, 2.75) is 32.2 Å². The third-order valence-corrected chi connectivity index (χ3v) is 4.07. The number of aryl methyl sites for hydroxylation is 1. The Morgan fingerprint density at radius 1 is 1.38 bits per heavy atom. The van der Waals surface area contributed by atoms with E-state index >= 15 is 0 Å². The van der Waals surface area contributed by atoms with Crippen LogP contribution in [0.5, 0.6) is 0 Å². The van der Waals surface area contributed by atoms with E-state index in [2.05, 4.69) is 5.32 Å². The molecule has 0 aromatic heterocycles. The lowest BCUT2D eigenvalue weighted by Gasteiger charge is -2.33. The number of nitrogens with zero attached hydrogens (tertiary/aromatic N) is 1. The highest BCUT2D eigenvalue weighted by Crippen LogP contribution is 2.22. The minimum Gasteiger partial charge on any atom is -0.467 e. The molecule has 1 saturated heterocycles. The lowest BCUT2D eigenvalue weighted by molar-refractivity contribution is -0.146. The first-order chi connectivity index (χ1) is 10.0. The molecule has 2 rings (SSSR count). The van der Waals surface area contributed by atoms with Crippen LogP contribution in [0.1, 0.15) is 24.8 Å². The standard InChI is InChI=1S/C15H19ClN2O3/c1-10-6-7-11(9-12(10)16)17-15(20)18-8-4-3-5-13(18)14(19)21-2/h6-7,9,13H,3-5,8H2,1-2H3,(H,17,20). The smallest absolute Gasteiger partial charge is 0.328 e. The van der Waals surface area contributed by atoms with Crippen molar-refractivity contribution < 1.29 is 14.3 Å². The number of hydrogen-bond donors (Lipinski definition) is 1. The summed E-state index contributed by atoms with van der Waals surface area (Å²) >= 11 is 6.05. The predicted molar refractivity (Wildman–Crippen MR) is 81.6 cm³/mol. The van der Waals surface area contributed by atoms with Crippen molar-refractivity contribution >= 4 is 29.3 Å². The van der Waals surface area contributed by atoms with Crippen molar-refractivity contribution in [3.05, 3.63) is 28.8 Å². The number of rotatable bonds is 2. The van der Waals surface area contributed by atoms with Crippen molar-refractivity contribution in [1.82, 2.24) is 4.90 Å². The summed E-state index contributed by atoms with van der Waals surface area (Å²) in [5.74, 6) is -0.369. The van der Waals surface area contributed by atoms with Gasteiger partial charge in [0.15, 0.2) is 0 Å². The Morgan fingerprint density at radius 3 is 2.81 bits per heavy atom. The van der Waals surface area contributed by atoms with E-state index in [1.54, 1.807) is 12.1 Å². The van der Waals surface area contributed by atoms with E-state index in [1.165, 1.54) is 12.0 Å². The van der Waals surface area contributed by atoms with Gasteiger partial charge < -0.3 is 15.0 Å². The Labute approximate surface area is 129 Å². The van der Waals surface area contributed by atoms with Gasteiger partial charge in [0.2, 0.25) is 0 Å². The lowest BCUT2D eigenvalue weighted by Crippen LogP contribution is -2.50. The number of piperidine rings is 1. The van der Waals surface area contributed by atoms with Crippen LogP contribution in [0.15, 0.2) is 18.2 Å². The molecule has 6 heteroatoms. The first kappa shape index (κ1) is 15.6. The van der Waals surface area contributed by atoms with Crippen LogP contribution >= 0.6 is 11.6 Å². The van der Waals surface area contributed by atoms with Gasteiger partial charge in [-0.2, -0.15) is 0 Å². The Hall–Kier alpha value is -1.75. The minimum absolute atomic E-state index is 0.301. The summed E-state index contributed by atoms with van der Waals surface area (Å²) in [5.41, 5.74) is 1.56. The number of nitrogens with one attached hydrogen (secondary N) is 1. The summed E-state index contributed by atoms with van der Waals surface area (Å²) in [6.45, 7) is 2.44. The first-order valence-electron chi connectivity index (χ1n) is 6.94. The quantitative estimate of drug-likeness (QED) is 0.853. The molecule has 1 N–H and O–H groups in total. The Bertz CT molecular complexity index is 548. The third kappa shape index (κ3) is 3.67. The second kappa shape index (κ2) is 6.80. The highest BCUT2D eigenvalue weighted by Gasteiger charge is 2.32. The molecule has 1 unspecified atom stereocenters. The van der Waals surface area contributed by atoms with Crippen molar-refractivity contribution in [3.8, 4) is 0 Å². The highest BCUT2D eigenvalue weighted by molar-refractivity contribution is 6.31. The topological polar surface area (TPSA) is 58.6 Å². The van der Waals surface area contributed by atoms with Crippen LogP contribution < -0.4 is 5.32 Å². The Morgan fingerprint density at radius 2 is 2.14 bits per heavy atom. The number of esters is 1.